The van der Waals surface area contributed by atoms with Crippen LogP contribution in [-0.2, 0) is 9.53 Å². The lowest BCUT2D eigenvalue weighted by molar-refractivity contribution is -0.145. The summed E-state index contributed by atoms with van der Waals surface area (Å²) in [5.74, 6) is -0.164. The van der Waals surface area contributed by atoms with Gasteiger partial charge >= 0.3 is 5.97 Å². The Kier molecular flexibility index (Phi) is 5.05. The molecule has 1 heterocycles. The Labute approximate surface area is 92.0 Å². The molecule has 4 nitrogen and oxygen atoms in total. The van der Waals surface area contributed by atoms with Crippen LogP contribution < -0.4 is 5.32 Å². The Hall–Kier alpha value is -0.610. The van der Waals surface area contributed by atoms with E-state index in [2.05, 4.69) is 17.3 Å². The number of hydrogen-bond acceptors (Lipinski definition) is 4. The third-order valence-corrected chi connectivity index (χ3v) is 2.88. The van der Waals surface area contributed by atoms with Crippen molar-refractivity contribution in [3.63, 3.8) is 0 Å². The van der Waals surface area contributed by atoms with Crippen LogP contribution in [0.25, 0.3) is 0 Å². The predicted molar refractivity (Wildman–Crippen MR) is 59.7 cm³/mol. The molecular weight excluding hydrogens is 192 g/mol. The van der Waals surface area contributed by atoms with Gasteiger partial charge in [0.2, 0.25) is 0 Å². The Morgan fingerprint density at radius 1 is 1.67 bits per heavy atom. The standard InChI is InChI=1S/C11H22N2O2/c1-9(11(14)15-3)7-13(2)8-10-5-4-6-12-10/h9-10,12H,4-8H2,1-3H3. The van der Waals surface area contributed by atoms with Gasteiger partial charge in [-0.05, 0) is 26.4 Å². The topological polar surface area (TPSA) is 41.6 Å². The van der Waals surface area contributed by atoms with Gasteiger partial charge in [0.05, 0.1) is 13.0 Å². The maximum Gasteiger partial charge on any atom is 0.309 e. The summed E-state index contributed by atoms with van der Waals surface area (Å²) in [5.41, 5.74) is 0. The van der Waals surface area contributed by atoms with Crippen molar-refractivity contribution in [2.24, 2.45) is 5.92 Å². The molecule has 1 saturated heterocycles. The molecule has 0 saturated carbocycles. The smallest absolute Gasteiger partial charge is 0.309 e. The van der Waals surface area contributed by atoms with E-state index in [0.29, 0.717) is 6.04 Å². The van der Waals surface area contributed by atoms with Gasteiger partial charge in [-0.1, -0.05) is 6.92 Å². The minimum absolute atomic E-state index is 0.0404. The maximum absolute atomic E-state index is 11.2. The number of esters is 1. The lowest BCUT2D eigenvalue weighted by Gasteiger charge is -2.23. The van der Waals surface area contributed by atoms with Gasteiger partial charge in [0, 0.05) is 19.1 Å². The highest BCUT2D eigenvalue weighted by molar-refractivity contribution is 5.72. The molecule has 0 aliphatic carbocycles. The van der Waals surface area contributed by atoms with Gasteiger partial charge < -0.3 is 15.0 Å². The number of nitrogens with one attached hydrogen (secondary N) is 1. The molecule has 0 aromatic carbocycles. The van der Waals surface area contributed by atoms with E-state index in [1.165, 1.54) is 20.0 Å². The molecule has 1 N–H and O–H groups in total. The van der Waals surface area contributed by atoms with Crippen LogP contribution in [0.2, 0.25) is 0 Å². The third-order valence-electron chi connectivity index (χ3n) is 2.88. The number of hydrogen-bond donors (Lipinski definition) is 1. The second-order valence-corrected chi connectivity index (χ2v) is 4.44. The molecule has 2 atom stereocenters. The van der Waals surface area contributed by atoms with Gasteiger partial charge in [-0.2, -0.15) is 0 Å². The van der Waals surface area contributed by atoms with E-state index in [9.17, 15) is 4.79 Å². The van der Waals surface area contributed by atoms with Crippen LogP contribution in [0.1, 0.15) is 19.8 Å². The molecule has 0 aromatic rings. The van der Waals surface area contributed by atoms with Crippen LogP contribution in [0.15, 0.2) is 0 Å². The molecule has 1 aliphatic heterocycles. The number of carbonyl (C=O) groups excluding carboxylic acids is 1. The molecule has 0 spiro atoms. The fourth-order valence-corrected chi connectivity index (χ4v) is 2.11. The molecule has 2 unspecified atom stereocenters. The van der Waals surface area contributed by atoms with E-state index in [1.54, 1.807) is 0 Å². The number of ether oxygens (including phenoxy) is 1. The quantitative estimate of drug-likeness (QED) is 0.676. The average molecular weight is 214 g/mol. The summed E-state index contributed by atoms with van der Waals surface area (Å²) < 4.78 is 4.70. The molecule has 0 aromatic heterocycles. The number of nitrogens with zero attached hydrogens (tertiary/aromatic N) is 1. The highest BCUT2D eigenvalue weighted by Gasteiger charge is 2.19. The summed E-state index contributed by atoms with van der Waals surface area (Å²) in [5, 5.41) is 3.45. The first kappa shape index (κ1) is 12.5. The van der Waals surface area contributed by atoms with Crippen LogP contribution in [0.3, 0.4) is 0 Å². The fraction of sp³-hybridized carbons (Fsp3) is 0.909. The van der Waals surface area contributed by atoms with Crippen molar-refractivity contribution in [2.75, 3.05) is 33.8 Å². The maximum atomic E-state index is 11.2. The van der Waals surface area contributed by atoms with E-state index in [1.807, 2.05) is 6.92 Å². The number of likely N-dealkylation sites (N-methyl/N-ethyl adjacent to an activating group) is 1. The average Bonchev–Trinajstić information content (AvgIpc) is 2.68. The summed E-state index contributed by atoms with van der Waals surface area (Å²) in [6, 6.07) is 0.597. The van der Waals surface area contributed by atoms with E-state index >= 15 is 0 Å². The minimum atomic E-state index is -0.124. The van der Waals surface area contributed by atoms with Gasteiger partial charge in [0.1, 0.15) is 0 Å². The highest BCUT2D eigenvalue weighted by atomic mass is 16.5. The third kappa shape index (κ3) is 4.18. The van der Waals surface area contributed by atoms with Crippen molar-refractivity contribution in [3.8, 4) is 0 Å². The molecule has 0 bridgehead atoms. The van der Waals surface area contributed by atoms with Gasteiger partial charge in [-0.15, -0.1) is 0 Å². The Balaban J connectivity index is 2.22. The molecule has 0 radical (unpaired) electrons. The highest BCUT2D eigenvalue weighted by Crippen LogP contribution is 2.07. The van der Waals surface area contributed by atoms with E-state index in [-0.39, 0.29) is 11.9 Å². The number of rotatable bonds is 5. The van der Waals surface area contributed by atoms with E-state index < -0.39 is 0 Å². The monoisotopic (exact) mass is 214 g/mol. The molecule has 1 aliphatic rings. The SMILES string of the molecule is COC(=O)C(C)CN(C)CC1CCCN1. The zero-order valence-electron chi connectivity index (χ0n) is 9.95. The minimum Gasteiger partial charge on any atom is -0.469 e. The molecule has 15 heavy (non-hydrogen) atoms. The van der Waals surface area contributed by atoms with Gasteiger partial charge in [0.15, 0.2) is 0 Å². The van der Waals surface area contributed by atoms with Gasteiger partial charge in [0.25, 0.3) is 0 Å². The normalized spacial score (nSPS) is 23.1. The summed E-state index contributed by atoms with van der Waals surface area (Å²) in [7, 11) is 3.50. The van der Waals surface area contributed by atoms with Crippen molar-refractivity contribution in [2.45, 2.75) is 25.8 Å². The Morgan fingerprint density at radius 2 is 2.40 bits per heavy atom. The van der Waals surface area contributed by atoms with Crippen LogP contribution in [0, 0.1) is 5.92 Å². The second-order valence-electron chi connectivity index (χ2n) is 4.44. The molecule has 4 heteroatoms. The first-order valence-corrected chi connectivity index (χ1v) is 5.63. The Morgan fingerprint density at radius 3 is 2.93 bits per heavy atom. The van der Waals surface area contributed by atoms with Crippen molar-refractivity contribution >= 4 is 5.97 Å². The van der Waals surface area contributed by atoms with Crippen molar-refractivity contribution < 1.29 is 9.53 Å². The lowest BCUT2D eigenvalue weighted by Crippen LogP contribution is -2.38. The summed E-state index contributed by atoms with van der Waals surface area (Å²) in [6.45, 7) is 4.82. The molecular formula is C11H22N2O2. The largest absolute Gasteiger partial charge is 0.469 e. The van der Waals surface area contributed by atoms with Crippen LogP contribution in [-0.4, -0.2) is 50.7 Å². The molecule has 1 fully saturated rings. The zero-order valence-corrected chi connectivity index (χ0v) is 9.95. The summed E-state index contributed by atoms with van der Waals surface area (Å²) in [6.07, 6.45) is 2.52. The first-order chi connectivity index (χ1) is 7.13. The Bertz CT molecular complexity index is 203. The number of carbonyl (C=O) groups is 1. The van der Waals surface area contributed by atoms with Crippen molar-refractivity contribution in [1.82, 2.24) is 10.2 Å². The molecule has 0 amide bonds. The van der Waals surface area contributed by atoms with Crippen LogP contribution in [0.5, 0.6) is 0 Å². The van der Waals surface area contributed by atoms with E-state index in [4.69, 9.17) is 4.74 Å². The van der Waals surface area contributed by atoms with Crippen molar-refractivity contribution in [3.05, 3.63) is 0 Å². The van der Waals surface area contributed by atoms with Gasteiger partial charge in [-0.3, -0.25) is 4.79 Å². The predicted octanol–water partition coefficient (Wildman–Crippen LogP) is 0.479. The lowest BCUT2D eigenvalue weighted by atomic mass is 10.1. The fourth-order valence-electron chi connectivity index (χ4n) is 2.11. The van der Waals surface area contributed by atoms with Crippen molar-refractivity contribution in [1.29, 1.82) is 0 Å². The molecule has 88 valence electrons. The first-order valence-electron chi connectivity index (χ1n) is 5.63. The summed E-state index contributed by atoms with van der Waals surface area (Å²) in [4.78, 5) is 13.4. The van der Waals surface area contributed by atoms with Gasteiger partial charge in [-0.25, -0.2) is 0 Å². The van der Waals surface area contributed by atoms with Crippen LogP contribution >= 0.6 is 0 Å². The van der Waals surface area contributed by atoms with E-state index in [0.717, 1.165) is 19.6 Å². The second kappa shape index (κ2) is 6.08. The molecule has 1 rings (SSSR count). The number of methoxy groups -OCH3 is 1. The summed E-state index contributed by atoms with van der Waals surface area (Å²) >= 11 is 0. The van der Waals surface area contributed by atoms with Crippen LogP contribution in [0.4, 0.5) is 0 Å². The zero-order chi connectivity index (χ0) is 11.3.